The number of hydrazine groups is 1. The van der Waals surface area contributed by atoms with Gasteiger partial charge < -0.3 is 15.6 Å². The van der Waals surface area contributed by atoms with E-state index in [1.165, 1.54) is 31.5 Å². The first-order valence-corrected chi connectivity index (χ1v) is 7.44. The van der Waals surface area contributed by atoms with Crippen LogP contribution in [-0.2, 0) is 11.3 Å². The predicted molar refractivity (Wildman–Crippen MR) is 78.2 cm³/mol. The Morgan fingerprint density at radius 3 is 2.90 bits per heavy atom. The molecule has 1 atom stereocenters. The number of rotatable bonds is 2. The maximum atomic E-state index is 12.5. The Balaban J connectivity index is 1.47. The third-order valence-corrected chi connectivity index (χ3v) is 4.87. The van der Waals surface area contributed by atoms with Crippen LogP contribution in [0, 0.1) is 11.8 Å². The van der Waals surface area contributed by atoms with E-state index in [0.717, 1.165) is 24.5 Å². The lowest BCUT2D eigenvalue weighted by atomic mass is 9.78. The standard InChI is InChI=1S/C15H20N4O/c20-15(13-9-19-5-3-10(13)4-6-19)17-12-2-1-11-8-16-18-14(11)7-12/h1-2,7,10,13,16,18H,3-6,8-9H2,(H,17,20). The number of nitrogens with zero attached hydrogens (tertiary/aromatic N) is 1. The van der Waals surface area contributed by atoms with E-state index >= 15 is 0 Å². The largest absolute Gasteiger partial charge is 0.326 e. The van der Waals surface area contributed by atoms with Crippen molar-refractivity contribution in [1.29, 1.82) is 0 Å². The molecule has 3 fully saturated rings. The highest BCUT2D eigenvalue weighted by atomic mass is 16.1. The molecule has 1 amide bonds. The van der Waals surface area contributed by atoms with Crippen LogP contribution >= 0.6 is 0 Å². The Labute approximate surface area is 118 Å². The Bertz CT molecular complexity index is 537. The molecule has 0 spiro atoms. The molecule has 5 rings (SSSR count). The monoisotopic (exact) mass is 272 g/mol. The third kappa shape index (κ3) is 2.07. The van der Waals surface area contributed by atoms with Gasteiger partial charge in [-0.25, -0.2) is 5.43 Å². The molecule has 0 radical (unpaired) electrons. The van der Waals surface area contributed by atoms with E-state index in [0.29, 0.717) is 5.92 Å². The van der Waals surface area contributed by atoms with Crippen molar-refractivity contribution in [3.05, 3.63) is 23.8 Å². The van der Waals surface area contributed by atoms with Crippen molar-refractivity contribution in [2.45, 2.75) is 19.4 Å². The van der Waals surface area contributed by atoms with Crippen LogP contribution in [0.25, 0.3) is 0 Å². The zero-order valence-corrected chi connectivity index (χ0v) is 11.5. The average molecular weight is 272 g/mol. The summed E-state index contributed by atoms with van der Waals surface area (Å²) in [6, 6.07) is 6.07. The number of hydrogen-bond acceptors (Lipinski definition) is 4. The van der Waals surface area contributed by atoms with Gasteiger partial charge in [0.25, 0.3) is 0 Å². The first-order valence-electron chi connectivity index (χ1n) is 7.44. The van der Waals surface area contributed by atoms with Crippen LogP contribution in [0.3, 0.4) is 0 Å². The highest BCUT2D eigenvalue weighted by Gasteiger charge is 2.38. The van der Waals surface area contributed by atoms with Crippen molar-refractivity contribution in [2.24, 2.45) is 11.8 Å². The number of amides is 1. The van der Waals surface area contributed by atoms with Crippen molar-refractivity contribution < 1.29 is 4.79 Å². The normalized spacial score (nSPS) is 30.7. The summed E-state index contributed by atoms with van der Waals surface area (Å²) in [7, 11) is 0. The van der Waals surface area contributed by atoms with Crippen LogP contribution in [0.1, 0.15) is 18.4 Å². The second-order valence-corrected chi connectivity index (χ2v) is 6.08. The van der Waals surface area contributed by atoms with E-state index in [1.807, 2.05) is 12.1 Å². The molecule has 3 saturated heterocycles. The topological polar surface area (TPSA) is 56.4 Å². The minimum Gasteiger partial charge on any atom is -0.326 e. The summed E-state index contributed by atoms with van der Waals surface area (Å²) in [4.78, 5) is 14.9. The molecule has 5 heteroatoms. The number of piperidine rings is 3. The minimum absolute atomic E-state index is 0.164. The summed E-state index contributed by atoms with van der Waals surface area (Å²) in [6.45, 7) is 4.11. The smallest absolute Gasteiger partial charge is 0.229 e. The summed E-state index contributed by atoms with van der Waals surface area (Å²) < 4.78 is 0. The summed E-state index contributed by atoms with van der Waals surface area (Å²) in [5.74, 6) is 0.927. The van der Waals surface area contributed by atoms with Crippen LogP contribution in [-0.4, -0.2) is 30.4 Å². The molecule has 5 nitrogen and oxygen atoms in total. The Morgan fingerprint density at radius 2 is 2.15 bits per heavy atom. The Kier molecular flexibility index (Phi) is 2.89. The summed E-state index contributed by atoms with van der Waals surface area (Å²) >= 11 is 0. The number of fused-ring (bicyclic) bond motifs is 4. The third-order valence-electron chi connectivity index (χ3n) is 4.87. The maximum absolute atomic E-state index is 12.5. The van der Waals surface area contributed by atoms with Gasteiger partial charge in [-0.15, -0.1) is 0 Å². The first kappa shape index (κ1) is 12.2. The number of hydrogen-bond donors (Lipinski definition) is 3. The average Bonchev–Trinajstić information content (AvgIpc) is 2.96. The van der Waals surface area contributed by atoms with E-state index in [9.17, 15) is 4.79 Å². The van der Waals surface area contributed by atoms with Crippen molar-refractivity contribution >= 4 is 17.3 Å². The molecule has 4 aliphatic heterocycles. The number of nitrogens with one attached hydrogen (secondary N) is 3. The lowest BCUT2D eigenvalue weighted by Gasteiger charge is -2.43. The van der Waals surface area contributed by atoms with E-state index < -0.39 is 0 Å². The Hall–Kier alpha value is -1.59. The number of anilines is 2. The molecule has 1 aromatic rings. The lowest BCUT2D eigenvalue weighted by molar-refractivity contribution is -0.125. The van der Waals surface area contributed by atoms with Gasteiger partial charge in [0.1, 0.15) is 0 Å². The molecule has 20 heavy (non-hydrogen) atoms. The van der Waals surface area contributed by atoms with E-state index in [-0.39, 0.29) is 11.8 Å². The fourth-order valence-corrected chi connectivity index (χ4v) is 3.66. The van der Waals surface area contributed by atoms with Crippen LogP contribution in [0.15, 0.2) is 18.2 Å². The highest BCUT2D eigenvalue weighted by Crippen LogP contribution is 2.33. The molecule has 4 heterocycles. The summed E-state index contributed by atoms with van der Waals surface area (Å²) in [6.07, 6.45) is 2.35. The minimum atomic E-state index is 0.164. The molecule has 1 unspecified atom stereocenters. The van der Waals surface area contributed by atoms with Crippen LogP contribution in [0.4, 0.5) is 11.4 Å². The molecule has 0 saturated carbocycles. The van der Waals surface area contributed by atoms with Gasteiger partial charge in [-0.05, 0) is 49.5 Å². The number of carbonyl (C=O) groups excluding carboxylic acids is 1. The molecular formula is C15H20N4O. The van der Waals surface area contributed by atoms with E-state index in [2.05, 4.69) is 27.1 Å². The van der Waals surface area contributed by atoms with Gasteiger partial charge in [-0.3, -0.25) is 4.79 Å². The molecule has 2 bridgehead atoms. The lowest BCUT2D eigenvalue weighted by Crippen LogP contribution is -2.51. The van der Waals surface area contributed by atoms with Gasteiger partial charge in [0.2, 0.25) is 5.91 Å². The molecule has 106 valence electrons. The van der Waals surface area contributed by atoms with Crippen LogP contribution in [0.2, 0.25) is 0 Å². The van der Waals surface area contributed by atoms with Gasteiger partial charge in [-0.2, -0.15) is 0 Å². The molecular weight excluding hydrogens is 252 g/mol. The van der Waals surface area contributed by atoms with Crippen molar-refractivity contribution in [3.8, 4) is 0 Å². The quantitative estimate of drug-likeness (QED) is 0.761. The van der Waals surface area contributed by atoms with E-state index in [1.54, 1.807) is 0 Å². The second kappa shape index (κ2) is 4.75. The van der Waals surface area contributed by atoms with E-state index in [4.69, 9.17) is 0 Å². The number of carbonyl (C=O) groups is 1. The summed E-state index contributed by atoms with van der Waals surface area (Å²) in [5.41, 5.74) is 9.39. The van der Waals surface area contributed by atoms with Crippen molar-refractivity contribution in [1.82, 2.24) is 10.3 Å². The zero-order valence-electron chi connectivity index (χ0n) is 11.5. The fraction of sp³-hybridized carbons (Fsp3) is 0.533. The Morgan fingerprint density at radius 1 is 1.30 bits per heavy atom. The van der Waals surface area contributed by atoms with Gasteiger partial charge in [0.15, 0.2) is 0 Å². The van der Waals surface area contributed by atoms with Crippen molar-refractivity contribution in [2.75, 3.05) is 30.4 Å². The predicted octanol–water partition coefficient (Wildman–Crippen LogP) is 1.40. The highest BCUT2D eigenvalue weighted by molar-refractivity contribution is 5.93. The molecule has 3 N–H and O–H groups in total. The fourth-order valence-electron chi connectivity index (χ4n) is 3.66. The zero-order chi connectivity index (χ0) is 13.5. The van der Waals surface area contributed by atoms with Crippen molar-refractivity contribution in [3.63, 3.8) is 0 Å². The first-order chi connectivity index (χ1) is 9.79. The number of benzene rings is 1. The molecule has 1 aromatic carbocycles. The SMILES string of the molecule is O=C(Nc1ccc2c(c1)NNC2)C1CN2CCC1CC2. The van der Waals surface area contributed by atoms with Crippen LogP contribution in [0.5, 0.6) is 0 Å². The van der Waals surface area contributed by atoms with Gasteiger partial charge in [0, 0.05) is 18.8 Å². The second-order valence-electron chi connectivity index (χ2n) is 6.08. The molecule has 0 aliphatic carbocycles. The van der Waals surface area contributed by atoms with Gasteiger partial charge in [-0.1, -0.05) is 6.07 Å². The molecule has 4 aliphatic rings. The molecule has 0 aromatic heterocycles. The van der Waals surface area contributed by atoms with Gasteiger partial charge >= 0.3 is 0 Å². The maximum Gasteiger partial charge on any atom is 0.229 e. The summed E-state index contributed by atoms with van der Waals surface area (Å²) in [5, 5.41) is 3.09. The van der Waals surface area contributed by atoms with Crippen LogP contribution < -0.4 is 16.2 Å². The van der Waals surface area contributed by atoms with Gasteiger partial charge in [0.05, 0.1) is 11.6 Å².